The molecule has 3 heteroatoms. The molecule has 2 heterocycles. The average Bonchev–Trinajstić information content (AvgIpc) is 2.28. The Kier molecular flexibility index (Phi) is 3.15. The number of nitrogens with zero attached hydrogens (tertiary/aromatic N) is 2. The lowest BCUT2D eigenvalue weighted by Crippen LogP contribution is -2.40. The number of aliphatic hydroxyl groups excluding tert-OH is 1. The van der Waals surface area contributed by atoms with E-state index in [1.54, 1.807) is 6.20 Å². The van der Waals surface area contributed by atoms with Gasteiger partial charge in [-0.25, -0.2) is 4.98 Å². The minimum atomic E-state index is 0.0682. The maximum atomic E-state index is 8.97. The molecule has 1 aliphatic heterocycles. The van der Waals surface area contributed by atoms with Gasteiger partial charge in [0.05, 0.1) is 6.61 Å². The number of pyridine rings is 1. The van der Waals surface area contributed by atoms with Gasteiger partial charge in [0.25, 0.3) is 0 Å². The van der Waals surface area contributed by atoms with Crippen LogP contribution < -0.4 is 4.90 Å². The maximum absolute atomic E-state index is 8.97. The van der Waals surface area contributed by atoms with Crippen LogP contribution in [0.5, 0.6) is 0 Å². The molecule has 88 valence electrons. The number of hydrogen-bond donors (Lipinski definition) is 1. The molecular weight excluding hydrogens is 200 g/mol. The van der Waals surface area contributed by atoms with Gasteiger partial charge in [-0.15, -0.1) is 0 Å². The third kappa shape index (κ3) is 2.53. The van der Waals surface area contributed by atoms with E-state index in [0.29, 0.717) is 5.41 Å². The molecule has 1 fully saturated rings. The highest BCUT2D eigenvalue weighted by Gasteiger charge is 2.26. The SMILES string of the molecule is CC1(C)CCCN(c2ccc(CO)cn2)C1. The minimum Gasteiger partial charge on any atom is -0.392 e. The minimum absolute atomic E-state index is 0.0682. The van der Waals surface area contributed by atoms with Crippen molar-refractivity contribution in [3.63, 3.8) is 0 Å². The first kappa shape index (κ1) is 11.4. The molecule has 0 aliphatic carbocycles. The van der Waals surface area contributed by atoms with Crippen LogP contribution in [0.2, 0.25) is 0 Å². The lowest BCUT2D eigenvalue weighted by atomic mass is 9.84. The molecule has 16 heavy (non-hydrogen) atoms. The molecule has 0 unspecified atom stereocenters. The molecule has 0 radical (unpaired) electrons. The van der Waals surface area contributed by atoms with Crippen LogP contribution >= 0.6 is 0 Å². The van der Waals surface area contributed by atoms with Crippen LogP contribution in [0.1, 0.15) is 32.3 Å². The van der Waals surface area contributed by atoms with Crippen molar-refractivity contribution in [3.8, 4) is 0 Å². The van der Waals surface area contributed by atoms with Gasteiger partial charge in [-0.2, -0.15) is 0 Å². The molecule has 0 amide bonds. The van der Waals surface area contributed by atoms with Gasteiger partial charge in [-0.1, -0.05) is 19.9 Å². The van der Waals surface area contributed by atoms with Crippen LogP contribution in [0.15, 0.2) is 18.3 Å². The van der Waals surface area contributed by atoms with Gasteiger partial charge >= 0.3 is 0 Å². The van der Waals surface area contributed by atoms with E-state index in [-0.39, 0.29) is 6.61 Å². The van der Waals surface area contributed by atoms with Crippen LogP contribution in [-0.2, 0) is 6.61 Å². The largest absolute Gasteiger partial charge is 0.392 e. The highest BCUT2D eigenvalue weighted by molar-refractivity contribution is 5.40. The van der Waals surface area contributed by atoms with Crippen molar-refractivity contribution in [2.45, 2.75) is 33.3 Å². The van der Waals surface area contributed by atoms with Gasteiger partial charge in [0.1, 0.15) is 5.82 Å². The smallest absolute Gasteiger partial charge is 0.128 e. The van der Waals surface area contributed by atoms with Crippen molar-refractivity contribution < 1.29 is 5.11 Å². The van der Waals surface area contributed by atoms with Crippen molar-refractivity contribution in [2.24, 2.45) is 5.41 Å². The van der Waals surface area contributed by atoms with E-state index in [1.807, 2.05) is 12.1 Å². The molecule has 1 aromatic heterocycles. The lowest BCUT2D eigenvalue weighted by molar-refractivity contribution is 0.281. The number of hydrogen-bond acceptors (Lipinski definition) is 3. The Labute approximate surface area is 97.1 Å². The van der Waals surface area contributed by atoms with Crippen LogP contribution in [0.3, 0.4) is 0 Å². The molecule has 0 saturated carbocycles. The van der Waals surface area contributed by atoms with Crippen LogP contribution in [0.4, 0.5) is 5.82 Å². The Morgan fingerprint density at radius 1 is 1.44 bits per heavy atom. The third-order valence-corrected chi connectivity index (χ3v) is 3.22. The summed E-state index contributed by atoms with van der Waals surface area (Å²) in [6.07, 6.45) is 4.28. The zero-order valence-corrected chi connectivity index (χ0v) is 10.1. The predicted octanol–water partition coefficient (Wildman–Crippen LogP) is 2.20. The lowest BCUT2D eigenvalue weighted by Gasteiger charge is -2.38. The van der Waals surface area contributed by atoms with Crippen LogP contribution in [0.25, 0.3) is 0 Å². The Balaban J connectivity index is 2.11. The zero-order chi connectivity index (χ0) is 11.6. The third-order valence-electron chi connectivity index (χ3n) is 3.22. The summed E-state index contributed by atoms with van der Waals surface area (Å²) >= 11 is 0. The van der Waals surface area contributed by atoms with E-state index in [4.69, 9.17) is 5.11 Å². The number of aromatic nitrogens is 1. The number of aliphatic hydroxyl groups is 1. The summed E-state index contributed by atoms with van der Waals surface area (Å²) in [4.78, 5) is 6.74. The average molecular weight is 220 g/mol. The number of anilines is 1. The van der Waals surface area contributed by atoms with E-state index in [9.17, 15) is 0 Å². The fourth-order valence-corrected chi connectivity index (χ4v) is 2.32. The Morgan fingerprint density at radius 2 is 2.25 bits per heavy atom. The summed E-state index contributed by atoms with van der Waals surface area (Å²) in [5, 5.41) is 8.97. The van der Waals surface area contributed by atoms with Gasteiger partial charge in [-0.3, -0.25) is 0 Å². The highest BCUT2D eigenvalue weighted by atomic mass is 16.3. The second-order valence-corrected chi connectivity index (χ2v) is 5.37. The maximum Gasteiger partial charge on any atom is 0.128 e. The summed E-state index contributed by atoms with van der Waals surface area (Å²) in [7, 11) is 0. The molecule has 1 aliphatic rings. The van der Waals surface area contributed by atoms with Crippen LogP contribution in [0, 0.1) is 5.41 Å². The first-order valence-electron chi connectivity index (χ1n) is 5.91. The summed E-state index contributed by atoms with van der Waals surface area (Å²) in [5.41, 5.74) is 1.26. The van der Waals surface area contributed by atoms with Crippen molar-refractivity contribution in [1.82, 2.24) is 4.98 Å². The van der Waals surface area contributed by atoms with Crippen LogP contribution in [-0.4, -0.2) is 23.2 Å². The van der Waals surface area contributed by atoms with Gasteiger partial charge in [0.15, 0.2) is 0 Å². The highest BCUT2D eigenvalue weighted by Crippen LogP contribution is 2.30. The zero-order valence-electron chi connectivity index (χ0n) is 10.1. The van der Waals surface area contributed by atoms with Gasteiger partial charge < -0.3 is 10.0 Å². The standard InChI is InChI=1S/C13H20N2O/c1-13(2)6-3-7-15(10-13)12-5-4-11(9-16)8-14-12/h4-5,8,16H,3,6-7,9-10H2,1-2H3. The number of rotatable bonds is 2. The molecule has 0 spiro atoms. The molecular formula is C13H20N2O. The summed E-state index contributed by atoms with van der Waals surface area (Å²) in [5.74, 6) is 1.03. The van der Waals surface area contributed by atoms with Gasteiger partial charge in [-0.05, 0) is 29.9 Å². The fourth-order valence-electron chi connectivity index (χ4n) is 2.32. The van der Waals surface area contributed by atoms with E-state index in [0.717, 1.165) is 24.5 Å². The van der Waals surface area contributed by atoms with Crippen molar-refractivity contribution in [3.05, 3.63) is 23.9 Å². The fraction of sp³-hybridized carbons (Fsp3) is 0.615. The first-order valence-corrected chi connectivity index (χ1v) is 5.91. The molecule has 3 nitrogen and oxygen atoms in total. The van der Waals surface area contributed by atoms with Gasteiger partial charge in [0, 0.05) is 19.3 Å². The summed E-state index contributed by atoms with van der Waals surface area (Å²) < 4.78 is 0. The molecule has 2 rings (SSSR count). The van der Waals surface area contributed by atoms with Crippen molar-refractivity contribution in [2.75, 3.05) is 18.0 Å². The number of piperidine rings is 1. The van der Waals surface area contributed by atoms with E-state index >= 15 is 0 Å². The van der Waals surface area contributed by atoms with Gasteiger partial charge in [0.2, 0.25) is 0 Å². The molecule has 1 aromatic rings. The normalized spacial score (nSPS) is 19.8. The van der Waals surface area contributed by atoms with Crippen molar-refractivity contribution in [1.29, 1.82) is 0 Å². The topological polar surface area (TPSA) is 36.4 Å². The molecule has 1 saturated heterocycles. The second-order valence-electron chi connectivity index (χ2n) is 5.37. The first-order chi connectivity index (χ1) is 7.61. The second kappa shape index (κ2) is 4.42. The Bertz CT molecular complexity index is 345. The molecule has 1 N–H and O–H groups in total. The van der Waals surface area contributed by atoms with E-state index < -0.39 is 0 Å². The molecule has 0 aromatic carbocycles. The predicted molar refractivity (Wildman–Crippen MR) is 65.4 cm³/mol. The Hall–Kier alpha value is -1.09. The summed E-state index contributed by atoms with van der Waals surface area (Å²) in [6.45, 7) is 6.84. The Morgan fingerprint density at radius 3 is 2.81 bits per heavy atom. The quantitative estimate of drug-likeness (QED) is 0.830. The molecule has 0 bridgehead atoms. The van der Waals surface area contributed by atoms with E-state index in [2.05, 4.69) is 23.7 Å². The van der Waals surface area contributed by atoms with E-state index in [1.165, 1.54) is 12.8 Å². The monoisotopic (exact) mass is 220 g/mol. The summed E-state index contributed by atoms with van der Waals surface area (Å²) in [6, 6.07) is 3.96. The van der Waals surface area contributed by atoms with Crippen molar-refractivity contribution >= 4 is 5.82 Å². The molecule has 0 atom stereocenters.